The van der Waals surface area contributed by atoms with Gasteiger partial charge in [0.05, 0.1) is 11.9 Å². The van der Waals surface area contributed by atoms with Crippen LogP contribution in [0.4, 0.5) is 0 Å². The number of aryl methyl sites for hydroxylation is 1. The Morgan fingerprint density at radius 3 is 2.80 bits per heavy atom. The number of H-pyrrole nitrogens is 1. The Morgan fingerprint density at radius 1 is 1.23 bits per heavy atom. The minimum Gasteiger partial charge on any atom is -0.319 e. The zero-order valence-corrected chi connectivity index (χ0v) is 17.8. The number of pyridine rings is 1. The maximum absolute atomic E-state index is 12.7. The summed E-state index contributed by atoms with van der Waals surface area (Å²) in [4.78, 5) is 47.4. The number of carbonyl (C=O) groups is 1. The zero-order chi connectivity index (χ0) is 21.4. The highest BCUT2D eigenvalue weighted by Gasteiger charge is 2.12. The Balaban J connectivity index is 1.72. The van der Waals surface area contributed by atoms with Gasteiger partial charge in [-0.25, -0.2) is 9.78 Å². The van der Waals surface area contributed by atoms with E-state index in [1.165, 1.54) is 35.1 Å². The van der Waals surface area contributed by atoms with Gasteiger partial charge in [0.1, 0.15) is 11.3 Å². The molecule has 0 saturated carbocycles. The van der Waals surface area contributed by atoms with Crippen LogP contribution in [-0.2, 0) is 13.6 Å². The number of aromatic amines is 1. The molecule has 30 heavy (non-hydrogen) atoms. The number of carbonyl (C=O) groups excluding carboxylic acids is 1. The first-order chi connectivity index (χ1) is 14.3. The van der Waals surface area contributed by atoms with Crippen LogP contribution in [0.3, 0.4) is 0 Å². The van der Waals surface area contributed by atoms with Crippen LogP contribution < -0.4 is 16.1 Å². The van der Waals surface area contributed by atoms with Crippen molar-refractivity contribution in [3.05, 3.63) is 88.9 Å². The van der Waals surface area contributed by atoms with E-state index in [9.17, 15) is 14.4 Å². The number of benzene rings is 1. The van der Waals surface area contributed by atoms with Gasteiger partial charge in [0.25, 0.3) is 11.5 Å². The van der Waals surface area contributed by atoms with E-state index < -0.39 is 17.2 Å². The Morgan fingerprint density at radius 2 is 2.03 bits per heavy atom. The molecule has 1 amide bonds. The quantitative estimate of drug-likeness (QED) is 0.506. The van der Waals surface area contributed by atoms with Gasteiger partial charge in [0.15, 0.2) is 4.80 Å². The largest absolute Gasteiger partial charge is 0.329 e. The fraction of sp³-hybridized carbons (Fsp3) is 0.105. The first-order valence-corrected chi connectivity index (χ1v) is 10.2. The molecule has 1 aromatic carbocycles. The molecule has 8 nitrogen and oxygen atoms in total. The highest BCUT2D eigenvalue weighted by atomic mass is 35.5. The standard InChI is InChI=1S/C19H13Cl2N5O3S/c1-25-15-12(16(27)23-18(25)29)4-5-14(22-15)17(28)24-19-26(6-7-30-19)9-10-2-3-11(20)8-13(10)21/h2-8H,9H2,1H3,(H,23,27,29). The molecule has 0 atom stereocenters. The first-order valence-electron chi connectivity index (χ1n) is 8.60. The molecule has 0 bridgehead atoms. The van der Waals surface area contributed by atoms with Gasteiger partial charge < -0.3 is 4.57 Å². The molecule has 0 saturated heterocycles. The number of halogens is 2. The smallest absolute Gasteiger partial charge is 0.319 e. The molecule has 0 radical (unpaired) electrons. The van der Waals surface area contributed by atoms with Gasteiger partial charge in [0, 0.05) is 28.7 Å². The molecule has 11 heteroatoms. The SMILES string of the molecule is Cn1c(=O)[nH]c(=O)c2ccc(C(=O)N=c3sccn3Cc3ccc(Cl)cc3Cl)nc21. The highest BCUT2D eigenvalue weighted by Crippen LogP contribution is 2.21. The summed E-state index contributed by atoms with van der Waals surface area (Å²) in [5.74, 6) is -0.594. The molecule has 3 heterocycles. The summed E-state index contributed by atoms with van der Waals surface area (Å²) in [6, 6.07) is 8.05. The minimum absolute atomic E-state index is 0.0209. The van der Waals surface area contributed by atoms with Crippen molar-refractivity contribution in [1.29, 1.82) is 0 Å². The highest BCUT2D eigenvalue weighted by molar-refractivity contribution is 7.07. The lowest BCUT2D eigenvalue weighted by atomic mass is 10.2. The van der Waals surface area contributed by atoms with Crippen molar-refractivity contribution in [3.63, 3.8) is 0 Å². The monoisotopic (exact) mass is 461 g/mol. The van der Waals surface area contributed by atoms with Crippen LogP contribution in [0.5, 0.6) is 0 Å². The van der Waals surface area contributed by atoms with E-state index in [2.05, 4.69) is 15.0 Å². The summed E-state index contributed by atoms with van der Waals surface area (Å²) in [7, 11) is 1.46. The third-order valence-corrected chi connectivity index (χ3v) is 5.78. The number of rotatable bonds is 3. The Kier molecular flexibility index (Phi) is 5.42. The fourth-order valence-corrected chi connectivity index (χ4v) is 4.02. The molecule has 0 unspecified atom stereocenters. The molecular formula is C19H13Cl2N5O3S. The van der Waals surface area contributed by atoms with Crippen molar-refractivity contribution in [2.45, 2.75) is 6.54 Å². The second kappa shape index (κ2) is 8.02. The molecule has 0 aliphatic rings. The summed E-state index contributed by atoms with van der Waals surface area (Å²) in [6.45, 7) is 0.403. The van der Waals surface area contributed by atoms with Gasteiger partial charge in [-0.2, -0.15) is 4.99 Å². The second-order valence-corrected chi connectivity index (χ2v) is 8.07. The number of hydrogen-bond acceptors (Lipinski definition) is 5. The van der Waals surface area contributed by atoms with Gasteiger partial charge in [-0.1, -0.05) is 29.3 Å². The molecule has 3 aromatic heterocycles. The summed E-state index contributed by atoms with van der Waals surface area (Å²) in [5, 5.41) is 3.06. The lowest BCUT2D eigenvalue weighted by Crippen LogP contribution is -2.29. The predicted molar refractivity (Wildman–Crippen MR) is 115 cm³/mol. The summed E-state index contributed by atoms with van der Waals surface area (Å²) < 4.78 is 2.94. The van der Waals surface area contributed by atoms with Crippen LogP contribution in [0, 0.1) is 0 Å². The average molecular weight is 462 g/mol. The topological polar surface area (TPSA) is 102 Å². The fourth-order valence-electron chi connectivity index (χ4n) is 2.83. The summed E-state index contributed by atoms with van der Waals surface area (Å²) >= 11 is 13.5. The molecular weight excluding hydrogens is 449 g/mol. The van der Waals surface area contributed by atoms with Crippen molar-refractivity contribution in [1.82, 2.24) is 19.1 Å². The number of hydrogen-bond donors (Lipinski definition) is 1. The van der Waals surface area contributed by atoms with Crippen LogP contribution in [0.1, 0.15) is 16.1 Å². The van der Waals surface area contributed by atoms with Crippen LogP contribution in [-0.4, -0.2) is 25.0 Å². The molecule has 4 rings (SSSR count). The molecule has 0 spiro atoms. The maximum atomic E-state index is 12.7. The van der Waals surface area contributed by atoms with E-state index in [1.807, 2.05) is 6.07 Å². The van der Waals surface area contributed by atoms with Gasteiger partial charge in [0.2, 0.25) is 0 Å². The van der Waals surface area contributed by atoms with Crippen molar-refractivity contribution in [2.24, 2.45) is 12.0 Å². The van der Waals surface area contributed by atoms with E-state index in [1.54, 1.807) is 28.3 Å². The van der Waals surface area contributed by atoms with E-state index in [0.29, 0.717) is 21.4 Å². The zero-order valence-electron chi connectivity index (χ0n) is 15.4. The number of amides is 1. The minimum atomic E-state index is -0.613. The van der Waals surface area contributed by atoms with Gasteiger partial charge in [-0.3, -0.25) is 19.1 Å². The van der Waals surface area contributed by atoms with Gasteiger partial charge in [-0.05, 0) is 29.8 Å². The number of aromatic nitrogens is 4. The molecule has 0 aliphatic carbocycles. The molecule has 4 aromatic rings. The summed E-state index contributed by atoms with van der Waals surface area (Å²) in [6.07, 6.45) is 1.79. The van der Waals surface area contributed by atoms with Crippen LogP contribution in [0.2, 0.25) is 10.0 Å². The van der Waals surface area contributed by atoms with E-state index in [0.717, 1.165) is 5.56 Å². The Hall–Kier alpha value is -3.01. The van der Waals surface area contributed by atoms with Crippen LogP contribution in [0.15, 0.2) is 56.5 Å². The van der Waals surface area contributed by atoms with Crippen molar-refractivity contribution >= 4 is 51.5 Å². The lowest BCUT2D eigenvalue weighted by Gasteiger charge is -2.06. The number of thiazole rings is 1. The second-order valence-electron chi connectivity index (χ2n) is 6.35. The summed E-state index contributed by atoms with van der Waals surface area (Å²) in [5.41, 5.74) is -0.222. The van der Waals surface area contributed by atoms with E-state index >= 15 is 0 Å². The van der Waals surface area contributed by atoms with Gasteiger partial charge in [-0.15, -0.1) is 11.3 Å². The number of nitrogens with one attached hydrogen (secondary N) is 1. The van der Waals surface area contributed by atoms with E-state index in [4.69, 9.17) is 23.2 Å². The average Bonchev–Trinajstić information content (AvgIpc) is 3.14. The number of fused-ring (bicyclic) bond motifs is 1. The molecule has 0 aliphatic heterocycles. The van der Waals surface area contributed by atoms with Crippen molar-refractivity contribution in [3.8, 4) is 0 Å². The molecule has 0 fully saturated rings. The van der Waals surface area contributed by atoms with Crippen molar-refractivity contribution < 1.29 is 4.79 Å². The van der Waals surface area contributed by atoms with E-state index in [-0.39, 0.29) is 16.7 Å². The predicted octanol–water partition coefficient (Wildman–Crippen LogP) is 2.58. The molecule has 1 N–H and O–H groups in total. The van der Waals surface area contributed by atoms with Crippen molar-refractivity contribution in [2.75, 3.05) is 0 Å². The number of nitrogens with zero attached hydrogens (tertiary/aromatic N) is 4. The molecule has 152 valence electrons. The Bertz CT molecular complexity index is 1480. The third kappa shape index (κ3) is 3.87. The normalized spacial score (nSPS) is 11.9. The lowest BCUT2D eigenvalue weighted by molar-refractivity contribution is 0.0993. The maximum Gasteiger partial charge on any atom is 0.329 e. The van der Waals surface area contributed by atoms with Crippen LogP contribution >= 0.6 is 34.5 Å². The Labute approximate surface area is 182 Å². The first kappa shape index (κ1) is 20.3. The van der Waals surface area contributed by atoms with Gasteiger partial charge >= 0.3 is 5.69 Å². The van der Waals surface area contributed by atoms with Crippen LogP contribution in [0.25, 0.3) is 11.0 Å². The third-order valence-electron chi connectivity index (χ3n) is 4.39.